The molecule has 1 unspecified atom stereocenters. The fourth-order valence-corrected chi connectivity index (χ4v) is 3.29. The summed E-state index contributed by atoms with van der Waals surface area (Å²) in [5.41, 5.74) is -0.196. The van der Waals surface area contributed by atoms with Crippen LogP contribution < -0.4 is 10.6 Å². The van der Waals surface area contributed by atoms with E-state index in [0.717, 1.165) is 26.1 Å². The molecule has 3 heteroatoms. The van der Waals surface area contributed by atoms with Gasteiger partial charge in [-0.25, -0.2) is 0 Å². The highest BCUT2D eigenvalue weighted by Gasteiger charge is 2.43. The van der Waals surface area contributed by atoms with Gasteiger partial charge in [-0.3, -0.25) is 4.79 Å². The zero-order valence-electron chi connectivity index (χ0n) is 13.5. The Labute approximate surface area is 118 Å². The van der Waals surface area contributed by atoms with Crippen LogP contribution in [0, 0.1) is 29.1 Å². The van der Waals surface area contributed by atoms with Crippen molar-refractivity contribution < 1.29 is 4.79 Å². The van der Waals surface area contributed by atoms with Crippen LogP contribution >= 0.6 is 0 Å². The Morgan fingerprint density at radius 1 is 1.16 bits per heavy atom. The number of nitrogens with one attached hydrogen (secondary N) is 2. The summed E-state index contributed by atoms with van der Waals surface area (Å²) in [4.78, 5) is 12.6. The monoisotopic (exact) mass is 268 g/mol. The predicted molar refractivity (Wildman–Crippen MR) is 80.9 cm³/mol. The molecular weight excluding hydrogens is 236 g/mol. The van der Waals surface area contributed by atoms with Gasteiger partial charge in [-0.2, -0.15) is 0 Å². The summed E-state index contributed by atoms with van der Waals surface area (Å²) in [6.45, 7) is 15.9. The third-order valence-corrected chi connectivity index (χ3v) is 4.96. The molecule has 1 fully saturated rings. The predicted octanol–water partition coefficient (Wildman–Crippen LogP) is 2.67. The largest absolute Gasteiger partial charge is 0.355 e. The molecule has 112 valence electrons. The lowest BCUT2D eigenvalue weighted by atomic mass is 9.75. The molecule has 1 aliphatic heterocycles. The van der Waals surface area contributed by atoms with E-state index in [9.17, 15) is 4.79 Å². The molecule has 0 radical (unpaired) electrons. The molecule has 3 nitrogen and oxygen atoms in total. The van der Waals surface area contributed by atoms with Crippen LogP contribution in [-0.2, 0) is 4.79 Å². The second-order valence-corrected chi connectivity index (χ2v) is 7.10. The summed E-state index contributed by atoms with van der Waals surface area (Å²) >= 11 is 0. The van der Waals surface area contributed by atoms with E-state index in [0.29, 0.717) is 23.7 Å². The molecular formula is C16H32N2O. The van der Waals surface area contributed by atoms with Gasteiger partial charge in [-0.15, -0.1) is 0 Å². The third-order valence-electron chi connectivity index (χ3n) is 4.96. The number of carbonyl (C=O) groups is 1. The molecule has 1 aliphatic rings. The van der Waals surface area contributed by atoms with Gasteiger partial charge < -0.3 is 10.6 Å². The van der Waals surface area contributed by atoms with E-state index in [1.807, 2.05) is 0 Å². The Bertz CT molecular complexity index is 283. The van der Waals surface area contributed by atoms with Crippen molar-refractivity contribution in [3.05, 3.63) is 0 Å². The lowest BCUT2D eigenvalue weighted by Crippen LogP contribution is -2.48. The van der Waals surface area contributed by atoms with Crippen molar-refractivity contribution in [1.82, 2.24) is 10.6 Å². The molecule has 0 aliphatic carbocycles. The number of hydrogen-bond donors (Lipinski definition) is 2. The normalized spacial score (nSPS) is 23.9. The van der Waals surface area contributed by atoms with Crippen LogP contribution in [0.25, 0.3) is 0 Å². The maximum absolute atomic E-state index is 12.6. The first-order chi connectivity index (χ1) is 8.81. The molecule has 0 aromatic rings. The zero-order valence-corrected chi connectivity index (χ0v) is 13.5. The van der Waals surface area contributed by atoms with Crippen LogP contribution in [0.4, 0.5) is 0 Å². The maximum Gasteiger partial charge on any atom is 0.227 e. The highest BCUT2D eigenvalue weighted by molar-refractivity contribution is 5.83. The maximum atomic E-state index is 12.6. The third kappa shape index (κ3) is 3.71. The lowest BCUT2D eigenvalue weighted by Gasteiger charge is -2.33. The van der Waals surface area contributed by atoms with Gasteiger partial charge in [-0.05, 0) is 36.6 Å². The fraction of sp³-hybridized carbons (Fsp3) is 0.938. The van der Waals surface area contributed by atoms with Crippen molar-refractivity contribution in [1.29, 1.82) is 0 Å². The van der Waals surface area contributed by atoms with Gasteiger partial charge in [0, 0.05) is 13.1 Å². The van der Waals surface area contributed by atoms with Gasteiger partial charge in [0.15, 0.2) is 0 Å². The molecule has 0 spiro atoms. The number of hydrogen-bond acceptors (Lipinski definition) is 2. The standard InChI is InChI=1S/C16H32N2O/c1-11(2)14(12(3)4)9-18-15(19)16(13(5)6)7-8-17-10-16/h11-14,17H,7-10H2,1-6H3,(H,18,19). The molecule has 1 rings (SSSR count). The Morgan fingerprint density at radius 3 is 2.11 bits per heavy atom. The average molecular weight is 268 g/mol. The summed E-state index contributed by atoms with van der Waals surface area (Å²) in [6.07, 6.45) is 0.963. The Kier molecular flexibility index (Phi) is 5.84. The molecule has 1 heterocycles. The smallest absolute Gasteiger partial charge is 0.227 e. The van der Waals surface area contributed by atoms with Crippen molar-refractivity contribution in [3.8, 4) is 0 Å². The van der Waals surface area contributed by atoms with Crippen LogP contribution in [0.15, 0.2) is 0 Å². The minimum atomic E-state index is -0.196. The number of amides is 1. The van der Waals surface area contributed by atoms with E-state index in [1.165, 1.54) is 0 Å². The molecule has 1 saturated heterocycles. The van der Waals surface area contributed by atoms with Gasteiger partial charge in [0.2, 0.25) is 5.91 Å². The first-order valence-electron chi connectivity index (χ1n) is 7.80. The van der Waals surface area contributed by atoms with Crippen molar-refractivity contribution in [2.75, 3.05) is 19.6 Å². The number of rotatable bonds is 6. The van der Waals surface area contributed by atoms with Crippen LogP contribution in [-0.4, -0.2) is 25.5 Å². The van der Waals surface area contributed by atoms with E-state index >= 15 is 0 Å². The van der Waals surface area contributed by atoms with E-state index in [-0.39, 0.29) is 11.3 Å². The van der Waals surface area contributed by atoms with Gasteiger partial charge >= 0.3 is 0 Å². The lowest BCUT2D eigenvalue weighted by molar-refractivity contribution is -0.132. The molecule has 1 atom stereocenters. The van der Waals surface area contributed by atoms with Gasteiger partial charge in [0.25, 0.3) is 0 Å². The molecule has 0 saturated carbocycles. The molecule has 1 amide bonds. The molecule has 0 aromatic heterocycles. The average Bonchev–Trinajstić information content (AvgIpc) is 2.78. The quantitative estimate of drug-likeness (QED) is 0.777. The van der Waals surface area contributed by atoms with Crippen LogP contribution in [0.5, 0.6) is 0 Å². The minimum Gasteiger partial charge on any atom is -0.355 e. The summed E-state index contributed by atoms with van der Waals surface area (Å²) < 4.78 is 0. The van der Waals surface area contributed by atoms with Gasteiger partial charge in [0.1, 0.15) is 0 Å². The van der Waals surface area contributed by atoms with Gasteiger partial charge in [0.05, 0.1) is 5.41 Å². The van der Waals surface area contributed by atoms with Crippen LogP contribution in [0.3, 0.4) is 0 Å². The summed E-state index contributed by atoms with van der Waals surface area (Å²) in [7, 11) is 0. The van der Waals surface area contributed by atoms with Crippen molar-refractivity contribution >= 4 is 5.91 Å². The Morgan fingerprint density at radius 2 is 1.74 bits per heavy atom. The van der Waals surface area contributed by atoms with E-state index in [4.69, 9.17) is 0 Å². The van der Waals surface area contributed by atoms with Crippen LogP contribution in [0.2, 0.25) is 0 Å². The first-order valence-corrected chi connectivity index (χ1v) is 7.80. The van der Waals surface area contributed by atoms with Crippen LogP contribution in [0.1, 0.15) is 48.0 Å². The summed E-state index contributed by atoms with van der Waals surface area (Å²) in [5.74, 6) is 2.41. The van der Waals surface area contributed by atoms with E-state index < -0.39 is 0 Å². The number of carbonyl (C=O) groups excluding carboxylic acids is 1. The zero-order chi connectivity index (χ0) is 14.6. The van der Waals surface area contributed by atoms with Crippen molar-refractivity contribution in [3.63, 3.8) is 0 Å². The van der Waals surface area contributed by atoms with Gasteiger partial charge in [-0.1, -0.05) is 41.5 Å². The van der Waals surface area contributed by atoms with Crippen molar-refractivity contribution in [2.45, 2.75) is 48.0 Å². The molecule has 0 bridgehead atoms. The first kappa shape index (κ1) is 16.5. The van der Waals surface area contributed by atoms with E-state index in [2.05, 4.69) is 52.2 Å². The second-order valence-electron chi connectivity index (χ2n) is 7.10. The summed E-state index contributed by atoms with van der Waals surface area (Å²) in [6, 6.07) is 0. The second kappa shape index (κ2) is 6.74. The SMILES string of the molecule is CC(C)C(CNC(=O)C1(C(C)C)CCNC1)C(C)C. The molecule has 0 aromatic carbocycles. The fourth-order valence-electron chi connectivity index (χ4n) is 3.29. The van der Waals surface area contributed by atoms with Crippen molar-refractivity contribution in [2.24, 2.45) is 29.1 Å². The minimum absolute atomic E-state index is 0.196. The molecule has 19 heavy (non-hydrogen) atoms. The summed E-state index contributed by atoms with van der Waals surface area (Å²) in [5, 5.41) is 6.58. The van der Waals surface area contributed by atoms with E-state index in [1.54, 1.807) is 0 Å². The topological polar surface area (TPSA) is 41.1 Å². The highest BCUT2D eigenvalue weighted by Crippen LogP contribution is 2.34. The highest BCUT2D eigenvalue weighted by atomic mass is 16.2. The Balaban J connectivity index is 2.63. The molecule has 2 N–H and O–H groups in total. The Hall–Kier alpha value is -0.570.